The molecule has 0 unspecified atom stereocenters. The Morgan fingerprint density at radius 3 is 1.33 bits per heavy atom. The number of amides is 3. The van der Waals surface area contributed by atoms with E-state index in [1.54, 1.807) is 72.8 Å². The normalized spacial score (nSPS) is 10.7. The summed E-state index contributed by atoms with van der Waals surface area (Å²) in [6, 6.07) is 19.8. The number of carbonyl (C=O) groups excluding carboxylic acids is 2. The lowest BCUT2D eigenvalue weighted by atomic mass is 10.0. The molecule has 4 N–H and O–H groups in total. The molecule has 0 fully saturated rings. The zero-order valence-corrected chi connectivity index (χ0v) is 27.5. The molecule has 0 aromatic heterocycles. The first kappa shape index (κ1) is 36.3. The van der Waals surface area contributed by atoms with Gasteiger partial charge in [-0.15, -0.1) is 0 Å². The van der Waals surface area contributed by atoms with E-state index in [2.05, 4.69) is 23.1 Å². The summed E-state index contributed by atoms with van der Waals surface area (Å²) in [5, 5.41) is 12.2. The highest BCUT2D eigenvalue weighted by Gasteiger charge is 2.08. The van der Waals surface area contributed by atoms with Crippen molar-refractivity contribution in [1.29, 1.82) is 0 Å². The van der Waals surface area contributed by atoms with Crippen LogP contribution in [-0.4, -0.2) is 23.6 Å². The highest BCUT2D eigenvalue weighted by molar-refractivity contribution is 5.95. The smallest absolute Gasteiger partial charge is 0.333 e. The van der Waals surface area contributed by atoms with Gasteiger partial charge in [0, 0.05) is 12.1 Å². The number of carbonyl (C=O) groups is 2. The maximum atomic E-state index is 12.4. The summed E-state index contributed by atoms with van der Waals surface area (Å²) in [7, 11) is 0. The molecular weight excluding hydrogens is 578 g/mol. The number of hydrogen-bond acceptors (Lipinski definition) is 5. The maximum absolute atomic E-state index is 12.4. The van der Waals surface area contributed by atoms with E-state index in [0.717, 1.165) is 12.8 Å². The predicted molar refractivity (Wildman–Crippen MR) is 185 cm³/mol. The Morgan fingerprint density at radius 2 is 0.891 bits per heavy atom. The van der Waals surface area contributed by atoms with Gasteiger partial charge in [0.15, 0.2) is 0 Å². The van der Waals surface area contributed by atoms with Crippen LogP contribution in [0.1, 0.15) is 120 Å². The van der Waals surface area contributed by atoms with Gasteiger partial charge in [0.05, 0.1) is 0 Å². The van der Waals surface area contributed by atoms with Gasteiger partial charge in [0.2, 0.25) is 0 Å². The number of phenols is 1. The first-order chi connectivity index (χ1) is 22.5. The minimum absolute atomic E-state index is 0.178. The average Bonchev–Trinajstić information content (AvgIpc) is 3.07. The standard InChI is InChI=1S/C38H53N3O5/c1-2-3-4-5-6-7-8-9-10-11-12-13-14-15-16-17-30-39-38(44)41-40-37(43)31-18-22-33(23-19-31)45-35-26-28-36(29-27-35)46-34-24-20-32(42)21-25-34/h18-29,42H,2-17,30H2,1H3,(H,40,43)(H2,39,41,44). The first-order valence-electron chi connectivity index (χ1n) is 17.2. The van der Waals surface area contributed by atoms with Crippen LogP contribution < -0.4 is 25.6 Å². The van der Waals surface area contributed by atoms with Crippen LogP contribution in [-0.2, 0) is 0 Å². The third-order valence-corrected chi connectivity index (χ3v) is 7.85. The van der Waals surface area contributed by atoms with Crippen molar-refractivity contribution in [3.05, 3.63) is 78.4 Å². The van der Waals surface area contributed by atoms with Crippen LogP contribution in [0.15, 0.2) is 72.8 Å². The zero-order chi connectivity index (χ0) is 32.7. The second kappa shape index (κ2) is 22.3. The molecule has 8 nitrogen and oxygen atoms in total. The number of hydrazine groups is 1. The van der Waals surface area contributed by atoms with E-state index in [4.69, 9.17) is 9.47 Å². The molecule has 3 amide bonds. The Labute approximate surface area is 275 Å². The first-order valence-corrected chi connectivity index (χ1v) is 17.2. The lowest BCUT2D eigenvalue weighted by molar-refractivity contribution is 0.0936. The number of hydrogen-bond donors (Lipinski definition) is 4. The van der Waals surface area contributed by atoms with Crippen molar-refractivity contribution >= 4 is 11.9 Å². The van der Waals surface area contributed by atoms with E-state index in [0.29, 0.717) is 35.1 Å². The van der Waals surface area contributed by atoms with Crippen molar-refractivity contribution in [2.45, 2.75) is 110 Å². The van der Waals surface area contributed by atoms with Crippen molar-refractivity contribution < 1.29 is 24.2 Å². The van der Waals surface area contributed by atoms with E-state index in [1.165, 1.54) is 89.9 Å². The van der Waals surface area contributed by atoms with Gasteiger partial charge in [-0.2, -0.15) is 0 Å². The van der Waals surface area contributed by atoms with Crippen molar-refractivity contribution in [3.63, 3.8) is 0 Å². The molecule has 250 valence electrons. The SMILES string of the molecule is CCCCCCCCCCCCCCCCCCNC(=O)NNC(=O)c1ccc(Oc2ccc(Oc3ccc(O)cc3)cc2)cc1. The lowest BCUT2D eigenvalue weighted by Crippen LogP contribution is -2.47. The van der Waals surface area contributed by atoms with Crippen molar-refractivity contribution in [2.75, 3.05) is 6.54 Å². The summed E-state index contributed by atoms with van der Waals surface area (Å²) in [5.41, 5.74) is 5.24. The number of phenolic OH excluding ortho intramolecular Hbond substituents is 1. The van der Waals surface area contributed by atoms with E-state index in [9.17, 15) is 14.7 Å². The second-order valence-corrected chi connectivity index (χ2v) is 11.8. The Bertz CT molecular complexity index is 1250. The Morgan fingerprint density at radius 1 is 0.522 bits per heavy atom. The number of ether oxygens (including phenoxy) is 2. The third-order valence-electron chi connectivity index (χ3n) is 7.85. The fourth-order valence-electron chi connectivity index (χ4n) is 5.14. The summed E-state index contributed by atoms with van der Waals surface area (Å²) < 4.78 is 11.6. The molecule has 3 aromatic carbocycles. The van der Waals surface area contributed by atoms with Crippen LogP contribution in [0, 0.1) is 0 Å². The molecule has 0 heterocycles. The molecule has 0 aliphatic rings. The molecule has 3 aromatic rings. The molecule has 0 spiro atoms. The Hall–Kier alpha value is -4.20. The summed E-state index contributed by atoms with van der Waals surface area (Å²) in [5.74, 6) is 2.18. The fraction of sp³-hybridized carbons (Fsp3) is 0.474. The summed E-state index contributed by atoms with van der Waals surface area (Å²) in [6.07, 6.45) is 21.0. The quantitative estimate of drug-likeness (QED) is 0.0652. The van der Waals surface area contributed by atoms with Crippen molar-refractivity contribution in [3.8, 4) is 28.7 Å². The minimum atomic E-state index is -0.424. The van der Waals surface area contributed by atoms with Gasteiger partial charge in [-0.25, -0.2) is 10.2 Å². The Balaban J connectivity index is 1.17. The lowest BCUT2D eigenvalue weighted by Gasteiger charge is -2.10. The Kier molecular flexibility index (Phi) is 17.6. The summed E-state index contributed by atoms with van der Waals surface area (Å²) >= 11 is 0. The van der Waals surface area contributed by atoms with Crippen LogP contribution >= 0.6 is 0 Å². The van der Waals surface area contributed by atoms with Crippen molar-refractivity contribution in [1.82, 2.24) is 16.2 Å². The molecule has 8 heteroatoms. The number of unbranched alkanes of at least 4 members (excludes halogenated alkanes) is 15. The molecule has 46 heavy (non-hydrogen) atoms. The van der Waals surface area contributed by atoms with Gasteiger partial charge in [-0.3, -0.25) is 10.2 Å². The van der Waals surface area contributed by atoms with Crippen LogP contribution in [0.5, 0.6) is 28.7 Å². The maximum Gasteiger partial charge on any atom is 0.333 e. The number of benzene rings is 3. The molecule has 3 rings (SSSR count). The van der Waals surface area contributed by atoms with Gasteiger partial charge >= 0.3 is 6.03 Å². The predicted octanol–water partition coefficient (Wildman–Crippen LogP) is 10.2. The van der Waals surface area contributed by atoms with Crippen LogP contribution in [0.3, 0.4) is 0 Å². The van der Waals surface area contributed by atoms with E-state index < -0.39 is 11.9 Å². The average molecular weight is 632 g/mol. The van der Waals surface area contributed by atoms with Gasteiger partial charge in [0.1, 0.15) is 28.7 Å². The molecule has 0 saturated carbocycles. The molecule has 0 radical (unpaired) electrons. The van der Waals surface area contributed by atoms with Crippen LogP contribution in [0.4, 0.5) is 4.79 Å². The number of urea groups is 1. The molecular formula is C38H53N3O5. The van der Waals surface area contributed by atoms with Gasteiger partial charge in [-0.05, 0) is 79.2 Å². The molecule has 0 aliphatic heterocycles. The van der Waals surface area contributed by atoms with Gasteiger partial charge < -0.3 is 19.9 Å². The largest absolute Gasteiger partial charge is 0.508 e. The minimum Gasteiger partial charge on any atom is -0.508 e. The molecule has 0 aliphatic carbocycles. The number of nitrogens with one attached hydrogen (secondary N) is 3. The van der Waals surface area contributed by atoms with Gasteiger partial charge in [-0.1, -0.05) is 103 Å². The third kappa shape index (κ3) is 15.7. The number of aromatic hydroxyl groups is 1. The van der Waals surface area contributed by atoms with E-state index in [-0.39, 0.29) is 5.75 Å². The second-order valence-electron chi connectivity index (χ2n) is 11.8. The van der Waals surface area contributed by atoms with E-state index >= 15 is 0 Å². The summed E-state index contributed by atoms with van der Waals surface area (Å²) in [6.45, 7) is 2.85. The van der Waals surface area contributed by atoms with E-state index in [1.807, 2.05) is 0 Å². The van der Waals surface area contributed by atoms with Crippen LogP contribution in [0.2, 0.25) is 0 Å². The van der Waals surface area contributed by atoms with Gasteiger partial charge in [0.25, 0.3) is 5.91 Å². The monoisotopic (exact) mass is 631 g/mol. The zero-order valence-electron chi connectivity index (χ0n) is 27.5. The highest BCUT2D eigenvalue weighted by Crippen LogP contribution is 2.27. The van der Waals surface area contributed by atoms with Crippen molar-refractivity contribution in [2.24, 2.45) is 0 Å². The fourth-order valence-corrected chi connectivity index (χ4v) is 5.14. The number of rotatable bonds is 22. The molecule has 0 saturated heterocycles. The van der Waals surface area contributed by atoms with Crippen LogP contribution in [0.25, 0.3) is 0 Å². The summed E-state index contributed by atoms with van der Waals surface area (Å²) in [4.78, 5) is 24.5. The highest BCUT2D eigenvalue weighted by atomic mass is 16.5. The topological polar surface area (TPSA) is 109 Å². The molecule has 0 atom stereocenters. The molecule has 0 bridgehead atoms.